The fourth-order valence-electron chi connectivity index (χ4n) is 1.42. The predicted molar refractivity (Wildman–Crippen MR) is 70.2 cm³/mol. The van der Waals surface area contributed by atoms with Gasteiger partial charge in [0.25, 0.3) is 0 Å². The van der Waals surface area contributed by atoms with Crippen LogP contribution in [0.4, 0.5) is 4.79 Å². The van der Waals surface area contributed by atoms with Crippen LogP contribution in [0.5, 0.6) is 0 Å². The van der Waals surface area contributed by atoms with Gasteiger partial charge < -0.3 is 10.5 Å². The van der Waals surface area contributed by atoms with Crippen molar-refractivity contribution in [2.24, 2.45) is 5.73 Å². The number of carbonyl (C=O) groups is 1. The van der Waals surface area contributed by atoms with E-state index in [-0.39, 0.29) is 12.6 Å². The molecule has 0 saturated heterocycles. The van der Waals surface area contributed by atoms with Gasteiger partial charge in [-0.15, -0.1) is 0 Å². The Kier molecular flexibility index (Phi) is 5.70. The van der Waals surface area contributed by atoms with Crippen molar-refractivity contribution >= 4 is 12.1 Å². The molecule has 0 spiro atoms. The zero-order chi connectivity index (χ0) is 13.4. The molecule has 1 aromatic rings. The molecule has 0 saturated carbocycles. The summed E-state index contributed by atoms with van der Waals surface area (Å²) in [4.78, 5) is 12.9. The summed E-state index contributed by atoms with van der Waals surface area (Å²) in [5, 5.41) is 7.35. The van der Waals surface area contributed by atoms with Crippen LogP contribution in [0.3, 0.4) is 0 Å². The van der Waals surface area contributed by atoms with Crippen molar-refractivity contribution in [2.45, 2.75) is 26.4 Å². The Morgan fingerprint density at radius 1 is 1.39 bits per heavy atom. The van der Waals surface area contributed by atoms with E-state index in [1.165, 1.54) is 0 Å². The zero-order valence-electron chi connectivity index (χ0n) is 10.6. The van der Waals surface area contributed by atoms with Crippen molar-refractivity contribution in [1.82, 2.24) is 4.90 Å². The van der Waals surface area contributed by atoms with Crippen molar-refractivity contribution < 1.29 is 9.53 Å². The SMILES string of the molecule is CCCCN(C(=N)N)C(=O)OCc1ccccc1. The zero-order valence-corrected chi connectivity index (χ0v) is 10.6. The molecule has 18 heavy (non-hydrogen) atoms. The van der Waals surface area contributed by atoms with E-state index in [9.17, 15) is 4.79 Å². The molecule has 0 aliphatic carbocycles. The van der Waals surface area contributed by atoms with Crippen LogP contribution in [0.25, 0.3) is 0 Å². The molecule has 1 rings (SSSR count). The molecule has 0 radical (unpaired) electrons. The normalized spacial score (nSPS) is 9.83. The molecule has 98 valence electrons. The van der Waals surface area contributed by atoms with Crippen LogP contribution in [0, 0.1) is 5.41 Å². The van der Waals surface area contributed by atoms with Gasteiger partial charge in [0.1, 0.15) is 6.61 Å². The quantitative estimate of drug-likeness (QED) is 0.620. The summed E-state index contributed by atoms with van der Waals surface area (Å²) in [7, 11) is 0. The Morgan fingerprint density at radius 3 is 2.61 bits per heavy atom. The number of rotatable bonds is 5. The summed E-state index contributed by atoms with van der Waals surface area (Å²) in [6.45, 7) is 2.61. The highest BCUT2D eigenvalue weighted by Gasteiger charge is 2.17. The second kappa shape index (κ2) is 7.32. The smallest absolute Gasteiger partial charge is 0.416 e. The molecule has 0 unspecified atom stereocenters. The van der Waals surface area contributed by atoms with E-state index in [1.54, 1.807) is 0 Å². The Hall–Kier alpha value is -2.04. The Bertz CT molecular complexity index is 392. The first-order valence-electron chi connectivity index (χ1n) is 5.97. The van der Waals surface area contributed by atoms with Crippen LogP contribution in [-0.2, 0) is 11.3 Å². The lowest BCUT2D eigenvalue weighted by Crippen LogP contribution is -2.42. The number of ether oxygens (including phenoxy) is 1. The minimum absolute atomic E-state index is 0.190. The molecule has 5 heteroatoms. The van der Waals surface area contributed by atoms with Gasteiger partial charge in [-0.3, -0.25) is 5.41 Å². The van der Waals surface area contributed by atoms with Crippen molar-refractivity contribution in [1.29, 1.82) is 5.41 Å². The molecule has 5 nitrogen and oxygen atoms in total. The number of hydrogen-bond donors (Lipinski definition) is 2. The van der Waals surface area contributed by atoms with Crippen molar-refractivity contribution in [3.63, 3.8) is 0 Å². The molecular weight excluding hydrogens is 230 g/mol. The Morgan fingerprint density at radius 2 is 2.06 bits per heavy atom. The van der Waals surface area contributed by atoms with E-state index in [2.05, 4.69) is 0 Å². The molecule has 1 aromatic carbocycles. The number of carbonyl (C=O) groups excluding carboxylic acids is 1. The highest BCUT2D eigenvalue weighted by Crippen LogP contribution is 2.04. The first-order valence-corrected chi connectivity index (χ1v) is 5.97. The largest absolute Gasteiger partial charge is 0.444 e. The lowest BCUT2D eigenvalue weighted by Gasteiger charge is -2.19. The maximum absolute atomic E-state index is 11.7. The van der Waals surface area contributed by atoms with E-state index >= 15 is 0 Å². The molecule has 0 bridgehead atoms. The summed E-state index contributed by atoms with van der Waals surface area (Å²) in [6, 6.07) is 9.40. The Balaban J connectivity index is 2.49. The summed E-state index contributed by atoms with van der Waals surface area (Å²) in [5.41, 5.74) is 6.26. The van der Waals surface area contributed by atoms with Gasteiger partial charge in [-0.05, 0) is 12.0 Å². The highest BCUT2D eigenvalue weighted by molar-refractivity contribution is 5.91. The van der Waals surface area contributed by atoms with E-state index < -0.39 is 6.09 Å². The second-order valence-corrected chi connectivity index (χ2v) is 3.93. The third kappa shape index (κ3) is 4.45. The van der Waals surface area contributed by atoms with Crippen LogP contribution >= 0.6 is 0 Å². The highest BCUT2D eigenvalue weighted by atomic mass is 16.6. The standard InChI is InChI=1S/C13H19N3O2/c1-2-3-9-16(12(14)15)13(17)18-10-11-7-5-4-6-8-11/h4-8H,2-3,9-10H2,1H3,(H3,14,15). The van der Waals surface area contributed by atoms with Crippen LogP contribution in [-0.4, -0.2) is 23.5 Å². The summed E-state index contributed by atoms with van der Waals surface area (Å²) in [6.07, 6.45) is 1.15. The monoisotopic (exact) mass is 249 g/mol. The summed E-state index contributed by atoms with van der Waals surface area (Å²) >= 11 is 0. The van der Waals surface area contributed by atoms with Gasteiger partial charge >= 0.3 is 6.09 Å². The minimum atomic E-state index is -0.570. The number of benzene rings is 1. The van der Waals surface area contributed by atoms with Gasteiger partial charge in [0.2, 0.25) is 0 Å². The number of unbranched alkanes of at least 4 members (excludes halogenated alkanes) is 1. The summed E-state index contributed by atoms with van der Waals surface area (Å²) < 4.78 is 5.11. The molecular formula is C13H19N3O2. The van der Waals surface area contributed by atoms with Crippen LogP contribution in [0.2, 0.25) is 0 Å². The number of nitrogens with two attached hydrogens (primary N) is 1. The lowest BCUT2D eigenvalue weighted by atomic mass is 10.2. The van der Waals surface area contributed by atoms with Gasteiger partial charge in [-0.1, -0.05) is 43.7 Å². The van der Waals surface area contributed by atoms with E-state index in [4.69, 9.17) is 15.9 Å². The van der Waals surface area contributed by atoms with Gasteiger partial charge in [0.05, 0.1) is 0 Å². The van der Waals surface area contributed by atoms with E-state index in [0.29, 0.717) is 6.54 Å². The molecule has 0 fully saturated rings. The maximum atomic E-state index is 11.7. The first-order chi connectivity index (χ1) is 8.65. The molecule has 3 N–H and O–H groups in total. The molecule has 0 aliphatic rings. The topological polar surface area (TPSA) is 79.4 Å². The van der Waals surface area contributed by atoms with Gasteiger partial charge in [-0.2, -0.15) is 0 Å². The number of nitrogens with zero attached hydrogens (tertiary/aromatic N) is 1. The number of nitrogens with one attached hydrogen (secondary N) is 1. The fraction of sp³-hybridized carbons (Fsp3) is 0.385. The average molecular weight is 249 g/mol. The number of hydrogen-bond acceptors (Lipinski definition) is 3. The van der Waals surface area contributed by atoms with Crippen molar-refractivity contribution in [3.8, 4) is 0 Å². The molecule has 0 heterocycles. The predicted octanol–water partition coefficient (Wildman–Crippen LogP) is 2.32. The minimum Gasteiger partial charge on any atom is -0.444 e. The van der Waals surface area contributed by atoms with Crippen molar-refractivity contribution in [3.05, 3.63) is 35.9 Å². The molecule has 0 aromatic heterocycles. The lowest BCUT2D eigenvalue weighted by molar-refractivity contribution is 0.115. The second-order valence-electron chi connectivity index (χ2n) is 3.93. The number of guanidine groups is 1. The van der Waals surface area contributed by atoms with E-state index in [1.807, 2.05) is 37.3 Å². The molecule has 0 atom stereocenters. The first kappa shape index (κ1) is 14.0. The fourth-order valence-corrected chi connectivity index (χ4v) is 1.42. The van der Waals surface area contributed by atoms with Gasteiger partial charge in [0, 0.05) is 6.54 Å². The van der Waals surface area contributed by atoms with Crippen molar-refractivity contribution in [2.75, 3.05) is 6.54 Å². The van der Waals surface area contributed by atoms with Crippen LogP contribution in [0.1, 0.15) is 25.3 Å². The summed E-state index contributed by atoms with van der Waals surface area (Å²) in [5.74, 6) is -0.276. The average Bonchev–Trinajstić information content (AvgIpc) is 2.37. The third-order valence-corrected chi connectivity index (χ3v) is 2.45. The molecule has 1 amide bonds. The van der Waals surface area contributed by atoms with Crippen LogP contribution in [0.15, 0.2) is 30.3 Å². The van der Waals surface area contributed by atoms with Gasteiger partial charge in [-0.25, -0.2) is 9.69 Å². The van der Waals surface area contributed by atoms with Crippen LogP contribution < -0.4 is 5.73 Å². The van der Waals surface area contributed by atoms with E-state index in [0.717, 1.165) is 23.3 Å². The third-order valence-electron chi connectivity index (χ3n) is 2.45. The maximum Gasteiger partial charge on any atom is 0.416 e. The number of amides is 1. The molecule has 0 aliphatic heterocycles. The van der Waals surface area contributed by atoms with Gasteiger partial charge in [0.15, 0.2) is 5.96 Å². The Labute approximate surface area is 107 Å².